The van der Waals surface area contributed by atoms with Gasteiger partial charge in [0, 0.05) is 26.2 Å². The predicted molar refractivity (Wildman–Crippen MR) is 134 cm³/mol. The lowest BCUT2D eigenvalue weighted by Crippen LogP contribution is -2.48. The van der Waals surface area contributed by atoms with Gasteiger partial charge in [-0.15, -0.1) is 17.5 Å². The summed E-state index contributed by atoms with van der Waals surface area (Å²) in [6, 6.07) is 13.2. The number of para-hydroxylation sites is 1. The molecule has 0 amide bonds. The van der Waals surface area contributed by atoms with E-state index in [-0.39, 0.29) is 24.3 Å². The molecule has 0 bridgehead atoms. The van der Waals surface area contributed by atoms with Gasteiger partial charge in [0.05, 0.1) is 32.0 Å². The van der Waals surface area contributed by atoms with E-state index in [2.05, 4.69) is 31.4 Å². The third kappa shape index (κ3) is 5.06. The third-order valence-corrected chi connectivity index (χ3v) is 7.03. The average Bonchev–Trinajstić information content (AvgIpc) is 3.57. The van der Waals surface area contributed by atoms with E-state index in [9.17, 15) is 4.39 Å². The summed E-state index contributed by atoms with van der Waals surface area (Å²) in [5, 5.41) is 13.0. The number of ether oxygens (including phenoxy) is 2. The van der Waals surface area contributed by atoms with Gasteiger partial charge in [0.15, 0.2) is 17.3 Å². The number of methoxy groups -OCH3 is 2. The number of hydrogen-bond donors (Lipinski definition) is 0. The topological polar surface area (TPSA) is 68.5 Å². The van der Waals surface area contributed by atoms with E-state index in [1.165, 1.54) is 18.9 Å². The Morgan fingerprint density at radius 3 is 2.34 bits per heavy atom. The van der Waals surface area contributed by atoms with Crippen molar-refractivity contribution in [2.24, 2.45) is 0 Å². The Bertz CT molecular complexity index is 1110. The van der Waals surface area contributed by atoms with E-state index in [1.54, 1.807) is 20.3 Å². The van der Waals surface area contributed by atoms with Crippen molar-refractivity contribution >= 4 is 18.1 Å². The third-order valence-electron chi connectivity index (χ3n) is 7.03. The number of benzene rings is 2. The summed E-state index contributed by atoms with van der Waals surface area (Å²) >= 11 is 0. The maximum Gasteiger partial charge on any atom is 0.173 e. The summed E-state index contributed by atoms with van der Waals surface area (Å²) in [4.78, 5) is 4.49. The first-order valence-corrected chi connectivity index (χ1v) is 11.9. The zero-order valence-electron chi connectivity index (χ0n) is 20.1. The highest BCUT2D eigenvalue weighted by Gasteiger charge is 2.34. The van der Waals surface area contributed by atoms with Crippen molar-refractivity contribution in [3.8, 4) is 11.5 Å². The molecule has 1 unspecified atom stereocenters. The van der Waals surface area contributed by atoms with Crippen LogP contribution in [0.4, 0.5) is 10.1 Å². The van der Waals surface area contributed by atoms with Crippen LogP contribution in [0.15, 0.2) is 42.5 Å². The second-order valence-electron chi connectivity index (χ2n) is 8.91. The molecule has 1 atom stereocenters. The van der Waals surface area contributed by atoms with Crippen LogP contribution in [-0.2, 0) is 0 Å². The monoisotopic (exact) mass is 502 g/mol. The first-order valence-electron chi connectivity index (χ1n) is 11.9. The van der Waals surface area contributed by atoms with Gasteiger partial charge in [0.1, 0.15) is 5.82 Å². The second-order valence-corrected chi connectivity index (χ2v) is 8.91. The highest BCUT2D eigenvalue weighted by atomic mass is 35.5. The van der Waals surface area contributed by atoms with Crippen LogP contribution in [-0.4, -0.2) is 65.5 Å². The Labute approximate surface area is 211 Å². The Morgan fingerprint density at radius 2 is 1.66 bits per heavy atom. The van der Waals surface area contributed by atoms with Gasteiger partial charge in [0.2, 0.25) is 0 Å². The molecule has 0 spiro atoms. The highest BCUT2D eigenvalue weighted by Crippen LogP contribution is 2.38. The van der Waals surface area contributed by atoms with Crippen molar-refractivity contribution < 1.29 is 13.9 Å². The highest BCUT2D eigenvalue weighted by molar-refractivity contribution is 5.85. The first-order chi connectivity index (χ1) is 16.7. The van der Waals surface area contributed by atoms with Crippen molar-refractivity contribution in [2.75, 3.05) is 45.3 Å². The van der Waals surface area contributed by atoms with Gasteiger partial charge in [-0.3, -0.25) is 4.90 Å². The van der Waals surface area contributed by atoms with Crippen LogP contribution in [0, 0.1) is 5.82 Å². The molecule has 2 aliphatic rings. The molecule has 3 aromatic rings. The SMILES string of the molecule is COc1ccc(C(c2nnnn2C2CCCC2)N2CCN(c3ccccc3F)CC2)cc1OC.Cl. The van der Waals surface area contributed by atoms with E-state index in [4.69, 9.17) is 9.47 Å². The quantitative estimate of drug-likeness (QED) is 0.477. The molecule has 2 heterocycles. The molecule has 10 heteroatoms. The van der Waals surface area contributed by atoms with Crippen LogP contribution in [0.5, 0.6) is 11.5 Å². The van der Waals surface area contributed by atoms with Crippen LogP contribution < -0.4 is 14.4 Å². The fourth-order valence-corrected chi connectivity index (χ4v) is 5.26. The molecule has 8 nitrogen and oxygen atoms in total. The average molecular weight is 503 g/mol. The summed E-state index contributed by atoms with van der Waals surface area (Å²) in [6.07, 6.45) is 4.59. The van der Waals surface area contributed by atoms with E-state index in [1.807, 2.05) is 28.9 Å². The molecule has 5 rings (SSSR count). The lowest BCUT2D eigenvalue weighted by atomic mass is 10.0. The molecular weight excluding hydrogens is 471 g/mol. The molecule has 35 heavy (non-hydrogen) atoms. The minimum absolute atomic E-state index is 0. The van der Waals surface area contributed by atoms with Gasteiger partial charge in [-0.25, -0.2) is 9.07 Å². The summed E-state index contributed by atoms with van der Waals surface area (Å²) in [5.41, 5.74) is 1.70. The van der Waals surface area contributed by atoms with Gasteiger partial charge in [-0.1, -0.05) is 31.0 Å². The van der Waals surface area contributed by atoms with E-state index in [0.29, 0.717) is 23.2 Å². The molecule has 1 aromatic heterocycles. The summed E-state index contributed by atoms with van der Waals surface area (Å²) in [6.45, 7) is 2.95. The van der Waals surface area contributed by atoms with Gasteiger partial charge < -0.3 is 14.4 Å². The van der Waals surface area contributed by atoms with E-state index in [0.717, 1.165) is 50.4 Å². The molecule has 188 valence electrons. The van der Waals surface area contributed by atoms with Gasteiger partial charge in [-0.2, -0.15) is 0 Å². The number of piperazine rings is 1. The summed E-state index contributed by atoms with van der Waals surface area (Å²) < 4.78 is 27.5. The summed E-state index contributed by atoms with van der Waals surface area (Å²) in [7, 11) is 3.28. The second kappa shape index (κ2) is 11.2. The van der Waals surface area contributed by atoms with E-state index < -0.39 is 0 Å². The standard InChI is InChI=1S/C25H31FN6O2.ClH/c1-33-22-12-11-18(17-23(22)34-2)24(25-27-28-29-32(25)19-7-3-4-8-19)31-15-13-30(14-16-31)21-10-6-5-9-20(21)26;/h5-6,9-12,17,19,24H,3-4,7-8,13-16H2,1-2H3;1H. The predicted octanol–water partition coefficient (Wildman–Crippen LogP) is 4.28. The van der Waals surface area contributed by atoms with Crippen LogP contribution in [0.25, 0.3) is 0 Å². The number of tetrazole rings is 1. The summed E-state index contributed by atoms with van der Waals surface area (Å²) in [5.74, 6) is 2.02. The Morgan fingerprint density at radius 1 is 0.943 bits per heavy atom. The fraction of sp³-hybridized carbons (Fsp3) is 0.480. The minimum atomic E-state index is -0.183. The lowest BCUT2D eigenvalue weighted by molar-refractivity contribution is 0.197. The molecule has 2 aromatic carbocycles. The van der Waals surface area contributed by atoms with Crippen molar-refractivity contribution in [1.82, 2.24) is 25.1 Å². The Kier molecular flexibility index (Phi) is 8.07. The molecule has 1 aliphatic heterocycles. The smallest absolute Gasteiger partial charge is 0.173 e. The normalized spacial score (nSPS) is 17.7. The van der Waals surface area contributed by atoms with Crippen molar-refractivity contribution in [2.45, 2.75) is 37.8 Å². The molecule has 1 saturated heterocycles. The number of hydrogen-bond acceptors (Lipinski definition) is 7. The molecule has 0 N–H and O–H groups in total. The zero-order valence-corrected chi connectivity index (χ0v) is 21.0. The van der Waals surface area contributed by atoms with Crippen molar-refractivity contribution in [1.29, 1.82) is 0 Å². The molecule has 1 saturated carbocycles. The largest absolute Gasteiger partial charge is 0.493 e. The van der Waals surface area contributed by atoms with Crippen LogP contribution in [0.2, 0.25) is 0 Å². The van der Waals surface area contributed by atoms with Gasteiger partial charge in [-0.05, 0) is 53.1 Å². The van der Waals surface area contributed by atoms with Gasteiger partial charge in [0.25, 0.3) is 0 Å². The molecule has 2 fully saturated rings. The minimum Gasteiger partial charge on any atom is -0.493 e. The molecule has 0 radical (unpaired) electrons. The van der Waals surface area contributed by atoms with E-state index >= 15 is 0 Å². The Balaban J connectivity index is 0.00000289. The fourth-order valence-electron chi connectivity index (χ4n) is 5.26. The number of halogens is 2. The Hall–Kier alpha value is -2.91. The first kappa shape index (κ1) is 25.2. The van der Waals surface area contributed by atoms with Crippen LogP contribution >= 0.6 is 12.4 Å². The van der Waals surface area contributed by atoms with Crippen LogP contribution in [0.3, 0.4) is 0 Å². The maximum absolute atomic E-state index is 14.4. The number of nitrogens with zero attached hydrogens (tertiary/aromatic N) is 6. The van der Waals surface area contributed by atoms with Crippen molar-refractivity contribution in [3.05, 3.63) is 59.7 Å². The number of aromatic nitrogens is 4. The van der Waals surface area contributed by atoms with Crippen molar-refractivity contribution in [3.63, 3.8) is 0 Å². The molecular formula is C25H32ClFN6O2. The molecule has 1 aliphatic carbocycles. The number of rotatable bonds is 7. The maximum atomic E-state index is 14.4. The van der Waals surface area contributed by atoms with Crippen LogP contribution in [0.1, 0.15) is 49.2 Å². The number of anilines is 1. The lowest BCUT2D eigenvalue weighted by Gasteiger charge is -2.40. The zero-order chi connectivity index (χ0) is 23.5. The van der Waals surface area contributed by atoms with Gasteiger partial charge >= 0.3 is 0 Å².